The van der Waals surface area contributed by atoms with Gasteiger partial charge in [0, 0.05) is 5.56 Å². The first-order valence-electron chi connectivity index (χ1n) is 9.15. The maximum Gasteiger partial charge on any atom is 0.506 e. The van der Waals surface area contributed by atoms with E-state index in [1.165, 1.54) is 18.4 Å². The predicted molar refractivity (Wildman–Crippen MR) is 103 cm³/mol. The summed E-state index contributed by atoms with van der Waals surface area (Å²) in [6.45, 7) is 1.65. The number of ether oxygens (including phenoxy) is 1. The van der Waals surface area contributed by atoms with E-state index in [9.17, 15) is 4.79 Å². The van der Waals surface area contributed by atoms with Gasteiger partial charge in [0.25, 0.3) is 0 Å². The van der Waals surface area contributed by atoms with Crippen LogP contribution in [0.1, 0.15) is 48.6 Å². The summed E-state index contributed by atoms with van der Waals surface area (Å²) in [7, 11) is 0. The molecule has 2 aromatic carbocycles. The third kappa shape index (κ3) is 3.60. The lowest BCUT2D eigenvalue weighted by atomic mass is 10.1. The maximum atomic E-state index is 10.9. The summed E-state index contributed by atoms with van der Waals surface area (Å²) < 4.78 is 6.66. The van der Waals surface area contributed by atoms with Crippen molar-refractivity contribution in [2.45, 2.75) is 31.8 Å². The lowest BCUT2D eigenvalue weighted by Crippen LogP contribution is -2.07. The standard InChI is InChI=1S/C22H19N3O3/c1-14(28-22(26)27)20-12-21(18-4-2-15(13-23)3-5-18)25(24-20)19-10-8-17(9-11-19)16-6-7-16/h2-5,8-12,14,16H,6-7H2,1H3,(H,26,27). The van der Waals surface area contributed by atoms with Crippen molar-refractivity contribution in [2.24, 2.45) is 0 Å². The van der Waals surface area contributed by atoms with Gasteiger partial charge in [-0.2, -0.15) is 10.4 Å². The van der Waals surface area contributed by atoms with Gasteiger partial charge in [0.05, 0.1) is 23.0 Å². The van der Waals surface area contributed by atoms with Gasteiger partial charge in [-0.05, 0) is 61.6 Å². The van der Waals surface area contributed by atoms with E-state index < -0.39 is 12.3 Å². The highest BCUT2D eigenvalue weighted by molar-refractivity contribution is 5.64. The van der Waals surface area contributed by atoms with Crippen LogP contribution in [-0.2, 0) is 4.74 Å². The molecule has 1 aliphatic carbocycles. The molecule has 0 bridgehead atoms. The van der Waals surface area contributed by atoms with Crippen molar-refractivity contribution in [2.75, 3.05) is 0 Å². The molecular formula is C22H19N3O3. The van der Waals surface area contributed by atoms with Gasteiger partial charge >= 0.3 is 6.16 Å². The average Bonchev–Trinajstić information content (AvgIpc) is 3.46. The SMILES string of the molecule is CC(OC(=O)O)c1cc(-c2ccc(C#N)cc2)n(-c2ccc(C3CC3)cc2)n1. The van der Waals surface area contributed by atoms with Crippen LogP contribution in [0.3, 0.4) is 0 Å². The van der Waals surface area contributed by atoms with Gasteiger partial charge in [-0.25, -0.2) is 9.48 Å². The summed E-state index contributed by atoms with van der Waals surface area (Å²) in [6.07, 6.45) is 0.454. The Bertz CT molecular complexity index is 1040. The van der Waals surface area contributed by atoms with Gasteiger partial charge in [-0.1, -0.05) is 24.3 Å². The summed E-state index contributed by atoms with van der Waals surface area (Å²) in [4.78, 5) is 10.9. The molecular weight excluding hydrogens is 354 g/mol. The number of aromatic nitrogens is 2. The number of carbonyl (C=O) groups is 1. The number of carboxylic acid groups (broad SMARTS) is 1. The van der Waals surface area contributed by atoms with Gasteiger partial charge in [0.2, 0.25) is 0 Å². The summed E-state index contributed by atoms with van der Waals surface area (Å²) in [5, 5.41) is 22.5. The Morgan fingerprint density at radius 1 is 1.21 bits per heavy atom. The predicted octanol–water partition coefficient (Wildman–Crippen LogP) is 5.04. The molecule has 140 valence electrons. The number of hydrogen-bond acceptors (Lipinski definition) is 4. The Hall–Kier alpha value is -3.59. The number of nitriles is 1. The van der Waals surface area contributed by atoms with Crippen LogP contribution in [0, 0.1) is 11.3 Å². The first-order chi connectivity index (χ1) is 13.5. The van der Waals surface area contributed by atoms with E-state index >= 15 is 0 Å². The Morgan fingerprint density at radius 2 is 1.89 bits per heavy atom. The van der Waals surface area contributed by atoms with Crippen LogP contribution in [0.15, 0.2) is 54.6 Å². The minimum absolute atomic E-state index is 0.521. The largest absolute Gasteiger partial charge is 0.506 e. The van der Waals surface area contributed by atoms with E-state index in [0.717, 1.165) is 16.9 Å². The summed E-state index contributed by atoms with van der Waals surface area (Å²) in [5.74, 6) is 0.671. The van der Waals surface area contributed by atoms with Crippen LogP contribution in [0.5, 0.6) is 0 Å². The van der Waals surface area contributed by atoms with Crippen LogP contribution in [0.2, 0.25) is 0 Å². The van der Waals surface area contributed by atoms with Crippen LogP contribution in [0.25, 0.3) is 16.9 Å². The maximum absolute atomic E-state index is 10.9. The monoisotopic (exact) mass is 373 g/mol. The fraction of sp³-hybridized carbons (Fsp3) is 0.227. The molecule has 1 aliphatic rings. The molecule has 1 unspecified atom stereocenters. The van der Waals surface area contributed by atoms with Crippen LogP contribution in [-0.4, -0.2) is 21.0 Å². The van der Waals surface area contributed by atoms with Crippen molar-refractivity contribution < 1.29 is 14.6 Å². The van der Waals surface area contributed by atoms with Gasteiger partial charge in [0.15, 0.2) is 0 Å². The molecule has 0 aliphatic heterocycles. The van der Waals surface area contributed by atoms with Gasteiger partial charge in [0.1, 0.15) is 11.8 Å². The lowest BCUT2D eigenvalue weighted by Gasteiger charge is -2.09. The Morgan fingerprint density at radius 3 is 2.46 bits per heavy atom. The Balaban J connectivity index is 1.76. The second kappa shape index (κ2) is 7.20. The Labute approximate surface area is 162 Å². The number of hydrogen-bond donors (Lipinski definition) is 1. The van der Waals surface area contributed by atoms with Crippen LogP contribution < -0.4 is 0 Å². The van der Waals surface area contributed by atoms with E-state index in [-0.39, 0.29) is 0 Å². The molecule has 1 heterocycles. The highest BCUT2D eigenvalue weighted by Gasteiger charge is 2.23. The lowest BCUT2D eigenvalue weighted by molar-refractivity contribution is 0.0570. The highest BCUT2D eigenvalue weighted by Crippen LogP contribution is 2.40. The fourth-order valence-corrected chi connectivity index (χ4v) is 3.23. The molecule has 1 fully saturated rings. The number of nitrogens with zero attached hydrogens (tertiary/aromatic N) is 3. The van der Waals surface area contributed by atoms with E-state index in [0.29, 0.717) is 17.2 Å². The Kier molecular flexibility index (Phi) is 4.58. The fourth-order valence-electron chi connectivity index (χ4n) is 3.23. The summed E-state index contributed by atoms with van der Waals surface area (Å²) in [6, 6.07) is 19.4. The third-order valence-electron chi connectivity index (χ3n) is 4.92. The van der Waals surface area contributed by atoms with Gasteiger partial charge in [-0.3, -0.25) is 0 Å². The molecule has 3 aromatic rings. The van der Waals surface area contributed by atoms with E-state index in [2.05, 4.69) is 23.3 Å². The highest BCUT2D eigenvalue weighted by atomic mass is 16.7. The number of rotatable bonds is 5. The van der Waals surface area contributed by atoms with Crippen molar-refractivity contribution in [3.8, 4) is 23.0 Å². The smallest absolute Gasteiger partial charge is 0.450 e. The molecule has 0 amide bonds. The van der Waals surface area contributed by atoms with Gasteiger partial charge in [-0.15, -0.1) is 0 Å². The molecule has 6 nitrogen and oxygen atoms in total. The van der Waals surface area contributed by atoms with Crippen molar-refractivity contribution in [3.63, 3.8) is 0 Å². The average molecular weight is 373 g/mol. The van der Waals surface area contributed by atoms with Crippen LogP contribution in [0.4, 0.5) is 4.79 Å². The number of benzene rings is 2. The molecule has 1 aromatic heterocycles. The zero-order valence-electron chi connectivity index (χ0n) is 15.4. The quantitative estimate of drug-likeness (QED) is 0.633. The second-order valence-electron chi connectivity index (χ2n) is 6.95. The van der Waals surface area contributed by atoms with Crippen molar-refractivity contribution in [3.05, 3.63) is 71.4 Å². The van der Waals surface area contributed by atoms with E-state index in [1.54, 1.807) is 23.7 Å². The summed E-state index contributed by atoms with van der Waals surface area (Å²) >= 11 is 0. The molecule has 0 saturated heterocycles. The van der Waals surface area contributed by atoms with Crippen molar-refractivity contribution in [1.29, 1.82) is 5.26 Å². The molecule has 4 rings (SSSR count). The molecule has 1 saturated carbocycles. The van der Waals surface area contributed by atoms with Gasteiger partial charge < -0.3 is 9.84 Å². The molecule has 0 radical (unpaired) electrons. The second-order valence-corrected chi connectivity index (χ2v) is 6.95. The molecule has 0 spiro atoms. The minimum Gasteiger partial charge on any atom is -0.450 e. The molecule has 1 atom stereocenters. The van der Waals surface area contributed by atoms with Crippen molar-refractivity contribution >= 4 is 6.16 Å². The van der Waals surface area contributed by atoms with Crippen molar-refractivity contribution in [1.82, 2.24) is 9.78 Å². The molecule has 28 heavy (non-hydrogen) atoms. The summed E-state index contributed by atoms with van der Waals surface area (Å²) in [5.41, 5.74) is 5.00. The topological polar surface area (TPSA) is 88.1 Å². The zero-order chi connectivity index (χ0) is 19.7. The molecule has 6 heteroatoms. The normalized spacial score (nSPS) is 14.3. The van der Waals surface area contributed by atoms with E-state index in [4.69, 9.17) is 15.1 Å². The van der Waals surface area contributed by atoms with E-state index in [1.807, 2.05) is 30.3 Å². The first kappa shape index (κ1) is 17.8. The zero-order valence-corrected chi connectivity index (χ0v) is 15.4. The molecule has 1 N–H and O–H groups in total. The van der Waals surface area contributed by atoms with Crippen LogP contribution >= 0.6 is 0 Å². The minimum atomic E-state index is -1.34. The first-order valence-corrected chi connectivity index (χ1v) is 9.15. The third-order valence-corrected chi connectivity index (χ3v) is 4.92.